The minimum absolute atomic E-state index is 0.0499. The number of carbonyl (C=O) groups excluding carboxylic acids is 2. The Morgan fingerprint density at radius 3 is 1.91 bits per heavy atom. The van der Waals surface area contributed by atoms with Gasteiger partial charge in [0.2, 0.25) is 0 Å². The predicted octanol–water partition coefficient (Wildman–Crippen LogP) is 8.26. The van der Waals surface area contributed by atoms with Gasteiger partial charge in [-0.2, -0.15) is 0 Å². The van der Waals surface area contributed by atoms with Crippen LogP contribution < -0.4 is 5.73 Å². The van der Waals surface area contributed by atoms with Crippen LogP contribution in [0.4, 0.5) is 0 Å². The Kier molecular flexibility index (Phi) is 29.0. The van der Waals surface area contributed by atoms with E-state index in [1.54, 1.807) is 0 Å². The van der Waals surface area contributed by atoms with Crippen molar-refractivity contribution < 1.29 is 37.6 Å². The number of carbonyl (C=O) groups is 2. The lowest BCUT2D eigenvalue weighted by Gasteiger charge is -2.19. The van der Waals surface area contributed by atoms with E-state index in [9.17, 15) is 19.0 Å². The van der Waals surface area contributed by atoms with Gasteiger partial charge in [0.15, 0.2) is 6.10 Å². The summed E-state index contributed by atoms with van der Waals surface area (Å²) in [5.41, 5.74) is 5.30. The Morgan fingerprint density at radius 1 is 0.721 bits per heavy atom. The number of phosphoric acid groups is 1. The SMILES string of the molecule is CC/C=C\C/C=C\C/C=C\CCCCCCCC(=O)OC(COC(=O)CCCCCCCCC)COP(=O)(O)OCCN. The van der Waals surface area contributed by atoms with Crippen molar-refractivity contribution in [1.82, 2.24) is 0 Å². The van der Waals surface area contributed by atoms with E-state index in [1.807, 2.05) is 0 Å². The van der Waals surface area contributed by atoms with E-state index in [0.717, 1.165) is 70.6 Å². The summed E-state index contributed by atoms with van der Waals surface area (Å²) in [6.45, 7) is 3.51. The number of rotatable bonds is 30. The molecular formula is C33H60NO8P. The van der Waals surface area contributed by atoms with Gasteiger partial charge in [-0.1, -0.05) is 108 Å². The van der Waals surface area contributed by atoms with Gasteiger partial charge in [-0.25, -0.2) is 4.57 Å². The minimum atomic E-state index is -4.36. The molecule has 0 fully saturated rings. The summed E-state index contributed by atoms with van der Waals surface area (Å²) in [6, 6.07) is 0. The zero-order valence-electron chi connectivity index (χ0n) is 26.9. The molecule has 0 aromatic heterocycles. The van der Waals surface area contributed by atoms with Crippen molar-refractivity contribution in [3.05, 3.63) is 36.5 Å². The number of ether oxygens (including phenoxy) is 2. The second-order valence-corrected chi connectivity index (χ2v) is 12.1. The molecule has 0 amide bonds. The van der Waals surface area contributed by atoms with Gasteiger partial charge in [0.25, 0.3) is 0 Å². The molecule has 43 heavy (non-hydrogen) atoms. The van der Waals surface area contributed by atoms with Gasteiger partial charge in [-0.05, 0) is 44.9 Å². The van der Waals surface area contributed by atoms with Crippen molar-refractivity contribution in [2.45, 2.75) is 136 Å². The van der Waals surface area contributed by atoms with Crippen LogP contribution in [0.15, 0.2) is 36.5 Å². The lowest BCUT2D eigenvalue weighted by atomic mass is 10.1. The summed E-state index contributed by atoms with van der Waals surface area (Å²) in [5.74, 6) is -0.860. The van der Waals surface area contributed by atoms with Crippen LogP contribution in [0, 0.1) is 0 Å². The fraction of sp³-hybridized carbons (Fsp3) is 0.758. The van der Waals surface area contributed by atoms with E-state index in [2.05, 4.69) is 50.3 Å². The van der Waals surface area contributed by atoms with Crippen LogP contribution in [-0.4, -0.2) is 49.3 Å². The van der Waals surface area contributed by atoms with Crippen LogP contribution in [0.25, 0.3) is 0 Å². The average molecular weight is 630 g/mol. The standard InChI is InChI=1S/C33H60NO8P/c1-3-5-7-9-11-12-13-14-15-16-17-18-20-22-24-26-33(36)42-31(30-41-43(37,38)40-28-27-34)29-39-32(35)25-23-21-19-10-8-6-4-2/h5,7,11-12,14-15,31H,3-4,6,8-10,13,16-30,34H2,1-2H3,(H,37,38)/b7-5-,12-11-,15-14-. The number of hydrogen-bond acceptors (Lipinski definition) is 8. The van der Waals surface area contributed by atoms with Gasteiger partial charge >= 0.3 is 19.8 Å². The normalized spacial score (nSPS) is 14.0. The van der Waals surface area contributed by atoms with Gasteiger partial charge in [0.1, 0.15) is 6.61 Å². The van der Waals surface area contributed by atoms with Crippen molar-refractivity contribution in [3.8, 4) is 0 Å². The molecule has 0 aromatic carbocycles. The first-order valence-electron chi connectivity index (χ1n) is 16.5. The van der Waals surface area contributed by atoms with Crippen molar-refractivity contribution >= 4 is 19.8 Å². The first-order valence-corrected chi connectivity index (χ1v) is 18.0. The molecule has 250 valence electrons. The average Bonchev–Trinajstić information content (AvgIpc) is 2.99. The summed E-state index contributed by atoms with van der Waals surface area (Å²) in [5, 5.41) is 0. The summed E-state index contributed by atoms with van der Waals surface area (Å²) < 4.78 is 32.4. The fourth-order valence-corrected chi connectivity index (χ4v) is 4.88. The molecule has 0 spiro atoms. The third-order valence-electron chi connectivity index (χ3n) is 6.54. The van der Waals surface area contributed by atoms with Crippen LogP contribution >= 0.6 is 7.82 Å². The summed E-state index contributed by atoms with van der Waals surface area (Å²) in [7, 11) is -4.36. The highest BCUT2D eigenvalue weighted by atomic mass is 31.2. The molecule has 0 rings (SSSR count). The highest BCUT2D eigenvalue weighted by Gasteiger charge is 2.25. The molecule has 0 saturated carbocycles. The highest BCUT2D eigenvalue weighted by Crippen LogP contribution is 2.43. The van der Waals surface area contributed by atoms with Crippen LogP contribution in [0.5, 0.6) is 0 Å². The number of allylic oxidation sites excluding steroid dienone is 6. The molecule has 0 aliphatic rings. The van der Waals surface area contributed by atoms with E-state index < -0.39 is 32.5 Å². The molecule has 0 aliphatic heterocycles. The van der Waals surface area contributed by atoms with Gasteiger partial charge in [-0.15, -0.1) is 0 Å². The number of nitrogens with two attached hydrogens (primary N) is 1. The monoisotopic (exact) mass is 629 g/mol. The van der Waals surface area contributed by atoms with Crippen molar-refractivity contribution in [1.29, 1.82) is 0 Å². The van der Waals surface area contributed by atoms with Crippen LogP contribution in [0.2, 0.25) is 0 Å². The van der Waals surface area contributed by atoms with E-state index in [4.69, 9.17) is 24.3 Å². The molecule has 9 nitrogen and oxygen atoms in total. The minimum Gasteiger partial charge on any atom is -0.462 e. The molecule has 0 aliphatic carbocycles. The highest BCUT2D eigenvalue weighted by molar-refractivity contribution is 7.47. The molecular weight excluding hydrogens is 569 g/mol. The Hall–Kier alpha value is -1.77. The van der Waals surface area contributed by atoms with E-state index >= 15 is 0 Å². The quantitative estimate of drug-likeness (QED) is 0.0348. The Balaban J connectivity index is 4.30. The Labute approximate surface area is 261 Å². The Morgan fingerprint density at radius 2 is 1.28 bits per heavy atom. The van der Waals surface area contributed by atoms with Gasteiger partial charge in [-0.3, -0.25) is 18.6 Å². The topological polar surface area (TPSA) is 134 Å². The largest absolute Gasteiger partial charge is 0.472 e. The van der Waals surface area contributed by atoms with Crippen LogP contribution in [-0.2, 0) is 32.7 Å². The zero-order chi connectivity index (χ0) is 31.9. The van der Waals surface area contributed by atoms with E-state index in [-0.39, 0.29) is 32.6 Å². The molecule has 0 heterocycles. The lowest BCUT2D eigenvalue weighted by Crippen LogP contribution is -2.29. The second-order valence-electron chi connectivity index (χ2n) is 10.7. The maximum absolute atomic E-state index is 12.4. The summed E-state index contributed by atoms with van der Waals surface area (Å²) in [4.78, 5) is 34.4. The smallest absolute Gasteiger partial charge is 0.462 e. The maximum atomic E-state index is 12.4. The third kappa shape index (κ3) is 30.1. The number of hydrogen-bond donors (Lipinski definition) is 2. The second kappa shape index (κ2) is 30.3. The lowest BCUT2D eigenvalue weighted by molar-refractivity contribution is -0.161. The zero-order valence-corrected chi connectivity index (χ0v) is 27.8. The molecule has 2 unspecified atom stereocenters. The van der Waals surface area contributed by atoms with Gasteiger partial charge in [0.05, 0.1) is 13.2 Å². The summed E-state index contributed by atoms with van der Waals surface area (Å²) in [6.07, 6.45) is 29.1. The number of esters is 2. The first kappa shape index (κ1) is 41.2. The maximum Gasteiger partial charge on any atom is 0.472 e. The van der Waals surface area contributed by atoms with Crippen LogP contribution in [0.3, 0.4) is 0 Å². The van der Waals surface area contributed by atoms with E-state index in [0.29, 0.717) is 6.42 Å². The molecule has 10 heteroatoms. The van der Waals surface area contributed by atoms with Gasteiger partial charge < -0.3 is 20.1 Å². The number of unbranched alkanes of at least 4 members (excludes halogenated alkanes) is 11. The first-order chi connectivity index (χ1) is 20.8. The summed E-state index contributed by atoms with van der Waals surface area (Å²) >= 11 is 0. The van der Waals surface area contributed by atoms with Crippen molar-refractivity contribution in [2.24, 2.45) is 5.73 Å². The number of phosphoric ester groups is 1. The molecule has 0 aromatic rings. The van der Waals surface area contributed by atoms with Crippen molar-refractivity contribution in [3.63, 3.8) is 0 Å². The molecule has 0 bridgehead atoms. The fourth-order valence-electron chi connectivity index (χ4n) is 4.12. The molecule has 0 radical (unpaired) electrons. The van der Waals surface area contributed by atoms with Gasteiger partial charge in [0, 0.05) is 19.4 Å². The Bertz CT molecular complexity index is 815. The third-order valence-corrected chi connectivity index (χ3v) is 7.52. The molecule has 3 N–H and O–H groups in total. The molecule has 2 atom stereocenters. The molecule has 0 saturated heterocycles. The van der Waals surface area contributed by atoms with E-state index in [1.165, 1.54) is 25.7 Å². The predicted molar refractivity (Wildman–Crippen MR) is 173 cm³/mol. The van der Waals surface area contributed by atoms with Crippen molar-refractivity contribution in [2.75, 3.05) is 26.4 Å². The van der Waals surface area contributed by atoms with Crippen LogP contribution in [0.1, 0.15) is 129 Å².